The van der Waals surface area contributed by atoms with Crippen molar-refractivity contribution < 1.29 is 14.0 Å². The monoisotopic (exact) mass is 315 g/mol. The molecule has 0 radical (unpaired) electrons. The van der Waals surface area contributed by atoms with E-state index in [2.05, 4.69) is 10.6 Å². The largest absolute Gasteiger partial charge is 0.459 e. The first kappa shape index (κ1) is 16.8. The maximum absolute atomic E-state index is 12.2. The van der Waals surface area contributed by atoms with Crippen LogP contribution in [0.15, 0.2) is 41.0 Å². The molecule has 6 heteroatoms. The molecule has 0 saturated heterocycles. The van der Waals surface area contributed by atoms with Gasteiger partial charge in [0.1, 0.15) is 0 Å². The summed E-state index contributed by atoms with van der Waals surface area (Å²) in [6, 6.07) is 8.39. The number of nitrogens with two attached hydrogens (primary N) is 1. The number of carbonyl (C=O) groups is 2. The minimum atomic E-state index is -0.354. The Morgan fingerprint density at radius 3 is 2.70 bits per heavy atom. The third-order valence-corrected chi connectivity index (χ3v) is 3.51. The number of hydrogen-bond donors (Lipinski definition) is 3. The molecule has 2 amide bonds. The van der Waals surface area contributed by atoms with Crippen molar-refractivity contribution in [1.29, 1.82) is 0 Å². The Morgan fingerprint density at radius 2 is 2.04 bits per heavy atom. The zero-order valence-electron chi connectivity index (χ0n) is 13.3. The molecule has 23 heavy (non-hydrogen) atoms. The van der Waals surface area contributed by atoms with E-state index in [1.54, 1.807) is 30.3 Å². The molecule has 0 aliphatic heterocycles. The minimum Gasteiger partial charge on any atom is -0.459 e. The molecule has 0 spiro atoms. The Labute approximate surface area is 135 Å². The Bertz CT molecular complexity index is 680. The van der Waals surface area contributed by atoms with Crippen LogP contribution in [0.4, 0.5) is 5.69 Å². The lowest BCUT2D eigenvalue weighted by Crippen LogP contribution is -2.31. The van der Waals surface area contributed by atoms with Gasteiger partial charge in [-0.1, -0.05) is 13.0 Å². The molecule has 6 nitrogen and oxygen atoms in total. The molecule has 122 valence electrons. The van der Waals surface area contributed by atoms with Gasteiger partial charge in [-0.15, -0.1) is 0 Å². The van der Waals surface area contributed by atoms with E-state index in [1.165, 1.54) is 6.26 Å². The molecule has 1 heterocycles. The number of rotatable bonds is 6. The van der Waals surface area contributed by atoms with Crippen molar-refractivity contribution >= 4 is 17.5 Å². The van der Waals surface area contributed by atoms with E-state index in [0.29, 0.717) is 24.3 Å². The maximum Gasteiger partial charge on any atom is 0.291 e. The van der Waals surface area contributed by atoms with Crippen molar-refractivity contribution in [2.45, 2.75) is 13.8 Å². The number of nitrogens with one attached hydrogen (secondary N) is 2. The van der Waals surface area contributed by atoms with Gasteiger partial charge in [0.15, 0.2) is 5.76 Å². The molecule has 1 atom stereocenters. The first-order valence-corrected chi connectivity index (χ1v) is 7.45. The lowest BCUT2D eigenvalue weighted by molar-refractivity contribution is 0.0946. The average Bonchev–Trinajstić information content (AvgIpc) is 3.08. The van der Waals surface area contributed by atoms with Gasteiger partial charge < -0.3 is 20.8 Å². The van der Waals surface area contributed by atoms with Gasteiger partial charge >= 0.3 is 0 Å². The number of furan rings is 1. The molecule has 2 aromatic rings. The molecule has 0 aliphatic rings. The van der Waals surface area contributed by atoms with E-state index in [0.717, 1.165) is 5.56 Å². The topological polar surface area (TPSA) is 97.4 Å². The molecule has 1 unspecified atom stereocenters. The van der Waals surface area contributed by atoms with E-state index in [9.17, 15) is 9.59 Å². The summed E-state index contributed by atoms with van der Waals surface area (Å²) in [5, 5.41) is 5.58. The Morgan fingerprint density at radius 1 is 1.26 bits per heavy atom. The van der Waals surface area contributed by atoms with Gasteiger partial charge in [0, 0.05) is 17.8 Å². The summed E-state index contributed by atoms with van der Waals surface area (Å²) in [5.74, 6) is -0.121. The fraction of sp³-hybridized carbons (Fsp3) is 0.294. The lowest BCUT2D eigenvalue weighted by Gasteiger charge is -2.12. The van der Waals surface area contributed by atoms with Crippen LogP contribution in [-0.4, -0.2) is 24.9 Å². The molecule has 0 bridgehead atoms. The minimum absolute atomic E-state index is 0.196. The first-order chi connectivity index (χ1) is 11.0. The predicted octanol–water partition coefficient (Wildman–Crippen LogP) is 2.16. The van der Waals surface area contributed by atoms with Crippen LogP contribution in [0.5, 0.6) is 0 Å². The first-order valence-electron chi connectivity index (χ1n) is 7.45. The van der Waals surface area contributed by atoms with Gasteiger partial charge in [0.05, 0.1) is 6.26 Å². The fourth-order valence-electron chi connectivity index (χ4n) is 1.94. The van der Waals surface area contributed by atoms with Crippen molar-refractivity contribution in [3.63, 3.8) is 0 Å². The molecule has 0 aliphatic carbocycles. The molecule has 0 saturated carbocycles. The highest BCUT2D eigenvalue weighted by Gasteiger charge is 2.13. The van der Waals surface area contributed by atoms with Crippen molar-refractivity contribution in [3.05, 3.63) is 53.5 Å². The second-order valence-corrected chi connectivity index (χ2v) is 5.51. The number of amides is 2. The van der Waals surface area contributed by atoms with Gasteiger partial charge in [-0.05, 0) is 49.2 Å². The van der Waals surface area contributed by atoms with E-state index in [-0.39, 0.29) is 23.5 Å². The molecule has 1 aromatic heterocycles. The van der Waals surface area contributed by atoms with Crippen LogP contribution in [0.2, 0.25) is 0 Å². The standard InChI is InChI=1S/C17H21N3O3/c1-11(9-18)10-19-16(21)13-6-5-12(2)14(8-13)20-17(22)15-4-3-7-23-15/h3-8,11H,9-10,18H2,1-2H3,(H,19,21)(H,20,22). The average molecular weight is 315 g/mol. The predicted molar refractivity (Wildman–Crippen MR) is 88.4 cm³/mol. The number of aryl methyl sites for hydroxylation is 1. The fourth-order valence-corrected chi connectivity index (χ4v) is 1.94. The van der Waals surface area contributed by atoms with Gasteiger partial charge in [-0.3, -0.25) is 9.59 Å². The van der Waals surface area contributed by atoms with Crippen LogP contribution in [0.3, 0.4) is 0 Å². The summed E-state index contributed by atoms with van der Waals surface area (Å²) in [5.41, 5.74) is 7.45. The zero-order valence-corrected chi connectivity index (χ0v) is 13.3. The molecular formula is C17H21N3O3. The van der Waals surface area contributed by atoms with Crippen molar-refractivity contribution in [2.24, 2.45) is 11.7 Å². The van der Waals surface area contributed by atoms with Crippen molar-refractivity contribution in [2.75, 3.05) is 18.4 Å². The van der Waals surface area contributed by atoms with Crippen LogP contribution >= 0.6 is 0 Å². The highest BCUT2D eigenvalue weighted by Crippen LogP contribution is 2.18. The van der Waals surface area contributed by atoms with Crippen LogP contribution in [0.25, 0.3) is 0 Å². The molecule has 0 fully saturated rings. The van der Waals surface area contributed by atoms with E-state index >= 15 is 0 Å². The summed E-state index contributed by atoms with van der Waals surface area (Å²) in [7, 11) is 0. The number of carbonyl (C=O) groups excluding carboxylic acids is 2. The number of benzene rings is 1. The van der Waals surface area contributed by atoms with Gasteiger partial charge in [0.25, 0.3) is 11.8 Å². The number of hydrogen-bond acceptors (Lipinski definition) is 4. The normalized spacial score (nSPS) is 11.8. The molecular weight excluding hydrogens is 294 g/mol. The quantitative estimate of drug-likeness (QED) is 0.761. The van der Waals surface area contributed by atoms with Crippen molar-refractivity contribution in [3.8, 4) is 0 Å². The summed E-state index contributed by atoms with van der Waals surface area (Å²) in [6.07, 6.45) is 1.43. The van der Waals surface area contributed by atoms with Crippen LogP contribution in [0, 0.1) is 12.8 Å². The van der Waals surface area contributed by atoms with Gasteiger partial charge in [-0.25, -0.2) is 0 Å². The second-order valence-electron chi connectivity index (χ2n) is 5.51. The van der Waals surface area contributed by atoms with E-state index < -0.39 is 0 Å². The molecule has 2 rings (SSSR count). The summed E-state index contributed by atoms with van der Waals surface area (Å²) >= 11 is 0. The summed E-state index contributed by atoms with van der Waals surface area (Å²) < 4.78 is 5.06. The third kappa shape index (κ3) is 4.43. The Hall–Kier alpha value is -2.60. The van der Waals surface area contributed by atoms with Crippen LogP contribution < -0.4 is 16.4 Å². The molecule has 1 aromatic carbocycles. The zero-order chi connectivity index (χ0) is 16.8. The Balaban J connectivity index is 2.09. The SMILES string of the molecule is Cc1ccc(C(=O)NCC(C)CN)cc1NC(=O)c1ccco1. The third-order valence-electron chi connectivity index (χ3n) is 3.51. The van der Waals surface area contributed by atoms with Crippen LogP contribution in [-0.2, 0) is 0 Å². The second kappa shape index (κ2) is 7.60. The van der Waals surface area contributed by atoms with E-state index in [1.807, 2.05) is 13.8 Å². The van der Waals surface area contributed by atoms with Crippen LogP contribution in [0.1, 0.15) is 33.4 Å². The van der Waals surface area contributed by atoms with Crippen molar-refractivity contribution in [1.82, 2.24) is 5.32 Å². The lowest BCUT2D eigenvalue weighted by atomic mass is 10.1. The highest BCUT2D eigenvalue weighted by atomic mass is 16.3. The van der Waals surface area contributed by atoms with Gasteiger partial charge in [-0.2, -0.15) is 0 Å². The van der Waals surface area contributed by atoms with E-state index in [4.69, 9.17) is 10.2 Å². The van der Waals surface area contributed by atoms with Gasteiger partial charge in [0.2, 0.25) is 0 Å². The summed E-state index contributed by atoms with van der Waals surface area (Å²) in [6.45, 7) is 4.84. The highest BCUT2D eigenvalue weighted by molar-refractivity contribution is 6.03. The molecule has 4 N–H and O–H groups in total. The number of anilines is 1. The smallest absolute Gasteiger partial charge is 0.291 e. The Kier molecular flexibility index (Phi) is 5.54. The summed E-state index contributed by atoms with van der Waals surface area (Å²) in [4.78, 5) is 24.2. The maximum atomic E-state index is 12.2.